The van der Waals surface area contributed by atoms with Gasteiger partial charge in [-0.2, -0.15) is 0 Å². The van der Waals surface area contributed by atoms with Crippen molar-refractivity contribution in [1.29, 1.82) is 0 Å². The van der Waals surface area contributed by atoms with E-state index in [-0.39, 0.29) is 11.5 Å². The van der Waals surface area contributed by atoms with E-state index in [0.717, 1.165) is 32.5 Å². The van der Waals surface area contributed by atoms with E-state index in [4.69, 9.17) is 9.47 Å². The Balaban J connectivity index is 1.84. The third-order valence-corrected chi connectivity index (χ3v) is 3.67. The van der Waals surface area contributed by atoms with Crippen molar-refractivity contribution in [3.05, 3.63) is 0 Å². The van der Waals surface area contributed by atoms with Gasteiger partial charge in [0.05, 0.1) is 12.7 Å². The van der Waals surface area contributed by atoms with Crippen LogP contribution in [-0.4, -0.2) is 42.4 Å². The van der Waals surface area contributed by atoms with E-state index in [0.29, 0.717) is 6.10 Å². The maximum absolute atomic E-state index is 11.9. The molecule has 4 nitrogen and oxygen atoms in total. The fourth-order valence-electron chi connectivity index (χ4n) is 2.30. The first-order valence-electron chi connectivity index (χ1n) is 6.40. The maximum atomic E-state index is 11.9. The Kier molecular flexibility index (Phi) is 3.10. The van der Waals surface area contributed by atoms with Gasteiger partial charge in [-0.3, -0.25) is 0 Å². The van der Waals surface area contributed by atoms with Crippen molar-refractivity contribution in [1.82, 2.24) is 4.90 Å². The molecule has 2 aliphatic heterocycles. The molecular weight excluding hydrogens is 218 g/mol. The van der Waals surface area contributed by atoms with E-state index in [1.165, 1.54) is 0 Å². The molecule has 1 unspecified atom stereocenters. The fourth-order valence-corrected chi connectivity index (χ4v) is 2.30. The van der Waals surface area contributed by atoms with Gasteiger partial charge in [0.15, 0.2) is 0 Å². The van der Waals surface area contributed by atoms with Gasteiger partial charge < -0.3 is 14.4 Å². The lowest BCUT2D eigenvalue weighted by Gasteiger charge is -2.38. The third kappa shape index (κ3) is 3.12. The monoisotopic (exact) mass is 241 g/mol. The number of amides is 1. The van der Waals surface area contributed by atoms with Crippen LogP contribution in [0.25, 0.3) is 0 Å². The number of hydrogen-bond acceptors (Lipinski definition) is 3. The molecule has 0 bridgehead atoms. The maximum Gasteiger partial charge on any atom is 0.410 e. The van der Waals surface area contributed by atoms with Crippen molar-refractivity contribution in [2.45, 2.75) is 52.2 Å². The van der Waals surface area contributed by atoms with E-state index in [1.54, 1.807) is 0 Å². The second-order valence-electron chi connectivity index (χ2n) is 6.44. The summed E-state index contributed by atoms with van der Waals surface area (Å²) in [5, 5.41) is 0. The Morgan fingerprint density at radius 1 is 1.35 bits per heavy atom. The summed E-state index contributed by atoms with van der Waals surface area (Å²) in [7, 11) is 0. The van der Waals surface area contributed by atoms with Gasteiger partial charge in [0.25, 0.3) is 0 Å². The van der Waals surface area contributed by atoms with Crippen LogP contribution in [0, 0.1) is 5.41 Å². The smallest absolute Gasteiger partial charge is 0.410 e. The molecule has 1 atom stereocenters. The molecule has 2 heterocycles. The summed E-state index contributed by atoms with van der Waals surface area (Å²) < 4.78 is 10.8. The molecule has 1 amide bonds. The molecule has 0 N–H and O–H groups in total. The lowest BCUT2D eigenvalue weighted by atomic mass is 9.78. The van der Waals surface area contributed by atoms with Crippen molar-refractivity contribution < 1.29 is 14.3 Å². The van der Waals surface area contributed by atoms with Crippen LogP contribution in [0.5, 0.6) is 0 Å². The van der Waals surface area contributed by atoms with Crippen LogP contribution in [0.4, 0.5) is 4.79 Å². The van der Waals surface area contributed by atoms with Crippen molar-refractivity contribution >= 4 is 6.09 Å². The predicted molar refractivity (Wildman–Crippen MR) is 64.9 cm³/mol. The van der Waals surface area contributed by atoms with Crippen molar-refractivity contribution in [2.75, 3.05) is 19.7 Å². The van der Waals surface area contributed by atoms with Crippen LogP contribution >= 0.6 is 0 Å². The molecule has 0 aromatic heterocycles. The fraction of sp³-hybridized carbons (Fsp3) is 0.923. The second kappa shape index (κ2) is 4.16. The Bertz CT molecular complexity index is 296. The summed E-state index contributed by atoms with van der Waals surface area (Å²) in [6.45, 7) is 10.4. The second-order valence-corrected chi connectivity index (χ2v) is 6.44. The van der Waals surface area contributed by atoms with Gasteiger partial charge in [-0.15, -0.1) is 0 Å². The zero-order valence-corrected chi connectivity index (χ0v) is 11.3. The lowest BCUT2D eigenvalue weighted by molar-refractivity contribution is 0.00869. The molecule has 98 valence electrons. The van der Waals surface area contributed by atoms with Gasteiger partial charge in [-0.25, -0.2) is 4.79 Å². The van der Waals surface area contributed by atoms with E-state index in [9.17, 15) is 4.79 Å². The van der Waals surface area contributed by atoms with Gasteiger partial charge in [-0.05, 0) is 39.0 Å². The minimum Gasteiger partial charge on any atom is -0.444 e. The summed E-state index contributed by atoms with van der Waals surface area (Å²) in [6.07, 6.45) is 2.26. The standard InChI is InChI=1S/C13H23NO3/c1-12(2,3)17-11(15)14-7-5-13(4,6-8-14)10-9-16-10/h10H,5-9H2,1-4H3. The first-order valence-corrected chi connectivity index (χ1v) is 6.40. The first kappa shape index (κ1) is 12.7. The number of carbonyl (C=O) groups is 1. The number of carbonyl (C=O) groups excluding carboxylic acids is 1. The molecule has 0 saturated carbocycles. The van der Waals surface area contributed by atoms with E-state index < -0.39 is 5.60 Å². The molecule has 2 rings (SSSR count). The number of rotatable bonds is 1. The summed E-state index contributed by atoms with van der Waals surface area (Å²) >= 11 is 0. The SMILES string of the molecule is CC(C)(C)OC(=O)N1CCC(C)(C2CO2)CC1. The Hall–Kier alpha value is -0.770. The highest BCUT2D eigenvalue weighted by molar-refractivity contribution is 5.68. The number of likely N-dealkylation sites (tertiary alicyclic amines) is 1. The van der Waals surface area contributed by atoms with Gasteiger partial charge in [0.2, 0.25) is 0 Å². The van der Waals surface area contributed by atoms with E-state index in [2.05, 4.69) is 6.92 Å². The van der Waals surface area contributed by atoms with E-state index in [1.807, 2.05) is 25.7 Å². The van der Waals surface area contributed by atoms with Crippen LogP contribution in [0.3, 0.4) is 0 Å². The molecule has 17 heavy (non-hydrogen) atoms. The highest BCUT2D eigenvalue weighted by Gasteiger charge is 2.45. The molecule has 2 saturated heterocycles. The molecule has 2 aliphatic rings. The molecule has 2 fully saturated rings. The van der Waals surface area contributed by atoms with E-state index >= 15 is 0 Å². The molecule has 0 aromatic rings. The normalized spacial score (nSPS) is 27.8. The number of hydrogen-bond donors (Lipinski definition) is 0. The van der Waals surface area contributed by atoms with Gasteiger partial charge >= 0.3 is 6.09 Å². The minimum atomic E-state index is -0.405. The molecular formula is C13H23NO3. The highest BCUT2D eigenvalue weighted by atomic mass is 16.6. The van der Waals surface area contributed by atoms with Crippen LogP contribution in [0.15, 0.2) is 0 Å². The highest BCUT2D eigenvalue weighted by Crippen LogP contribution is 2.41. The minimum absolute atomic E-state index is 0.184. The quantitative estimate of drug-likeness (QED) is 0.662. The Labute approximate surface area is 103 Å². The average Bonchev–Trinajstić information content (AvgIpc) is 2.98. The van der Waals surface area contributed by atoms with Gasteiger partial charge in [-0.1, -0.05) is 6.92 Å². The summed E-state index contributed by atoms with van der Waals surface area (Å²) in [5.41, 5.74) is -0.143. The molecule has 0 aliphatic carbocycles. The number of nitrogens with zero attached hydrogens (tertiary/aromatic N) is 1. The summed E-state index contributed by atoms with van der Waals surface area (Å²) in [6, 6.07) is 0. The van der Waals surface area contributed by atoms with Gasteiger partial charge in [0, 0.05) is 13.1 Å². The van der Waals surface area contributed by atoms with Crippen LogP contribution in [-0.2, 0) is 9.47 Å². The first-order chi connectivity index (χ1) is 7.80. The van der Waals surface area contributed by atoms with Crippen LogP contribution < -0.4 is 0 Å². The Morgan fingerprint density at radius 3 is 2.29 bits per heavy atom. The number of epoxide rings is 1. The average molecular weight is 241 g/mol. The van der Waals surface area contributed by atoms with Gasteiger partial charge in [0.1, 0.15) is 5.60 Å². The third-order valence-electron chi connectivity index (χ3n) is 3.67. The van der Waals surface area contributed by atoms with Crippen LogP contribution in [0.2, 0.25) is 0 Å². The zero-order valence-electron chi connectivity index (χ0n) is 11.3. The zero-order chi connectivity index (χ0) is 12.7. The van der Waals surface area contributed by atoms with Crippen molar-refractivity contribution in [2.24, 2.45) is 5.41 Å². The molecule has 0 radical (unpaired) electrons. The van der Waals surface area contributed by atoms with Crippen molar-refractivity contribution in [3.8, 4) is 0 Å². The summed E-state index contributed by atoms with van der Waals surface area (Å²) in [4.78, 5) is 13.7. The number of ether oxygens (including phenoxy) is 2. The molecule has 0 spiro atoms. The molecule has 4 heteroatoms. The lowest BCUT2D eigenvalue weighted by Crippen LogP contribution is -2.45. The predicted octanol–water partition coefficient (Wildman–Crippen LogP) is 2.42. The molecule has 0 aromatic carbocycles. The topological polar surface area (TPSA) is 42.1 Å². The largest absolute Gasteiger partial charge is 0.444 e. The Morgan fingerprint density at radius 2 is 1.88 bits per heavy atom. The van der Waals surface area contributed by atoms with Crippen LogP contribution in [0.1, 0.15) is 40.5 Å². The summed E-state index contributed by atoms with van der Waals surface area (Å²) in [5.74, 6) is 0. The number of piperidine rings is 1. The van der Waals surface area contributed by atoms with Crippen molar-refractivity contribution in [3.63, 3.8) is 0 Å².